The maximum atomic E-state index is 12.0. The predicted molar refractivity (Wildman–Crippen MR) is 139 cm³/mol. The van der Waals surface area contributed by atoms with Crippen LogP contribution in [-0.2, 0) is 17.7 Å². The lowest BCUT2D eigenvalue weighted by Crippen LogP contribution is -2.18. The molecule has 2 aromatic carbocycles. The maximum absolute atomic E-state index is 12.0. The molecular weight excluding hydrogens is 452 g/mol. The van der Waals surface area contributed by atoms with Crippen molar-refractivity contribution in [3.8, 4) is 17.3 Å². The molecule has 1 saturated carbocycles. The molecule has 0 saturated heterocycles. The Morgan fingerprint density at radius 2 is 2.03 bits per heavy atom. The van der Waals surface area contributed by atoms with E-state index in [4.69, 9.17) is 4.74 Å². The monoisotopic (exact) mass is 482 g/mol. The van der Waals surface area contributed by atoms with E-state index in [0.29, 0.717) is 17.3 Å². The molecule has 8 heteroatoms. The molecule has 1 N–H and O–H groups in total. The number of amides is 1. The number of hydrogen-bond donors (Lipinski definition) is 1. The third kappa shape index (κ3) is 4.82. The van der Waals surface area contributed by atoms with Crippen molar-refractivity contribution in [3.05, 3.63) is 66.2 Å². The highest BCUT2D eigenvalue weighted by Crippen LogP contribution is 2.43. The van der Waals surface area contributed by atoms with Gasteiger partial charge in [-0.3, -0.25) is 10.00 Å². The Labute approximate surface area is 210 Å². The molecule has 0 bridgehead atoms. The zero-order chi connectivity index (χ0) is 25.1. The Kier molecular flexibility index (Phi) is 6.72. The third-order valence-electron chi connectivity index (χ3n) is 6.69. The first-order valence-electron chi connectivity index (χ1n) is 12.5. The van der Waals surface area contributed by atoms with Crippen molar-refractivity contribution in [1.82, 2.24) is 19.3 Å². The van der Waals surface area contributed by atoms with Gasteiger partial charge in [0.25, 0.3) is 0 Å². The van der Waals surface area contributed by atoms with Gasteiger partial charge in [-0.2, -0.15) is 10.4 Å². The fraction of sp³-hybridized carbons (Fsp3) is 0.357. The minimum atomic E-state index is -0.476. The van der Waals surface area contributed by atoms with E-state index in [9.17, 15) is 10.1 Å². The number of benzene rings is 2. The molecule has 0 radical (unpaired) electrons. The Morgan fingerprint density at radius 3 is 2.67 bits per heavy atom. The molecule has 184 valence electrons. The van der Waals surface area contributed by atoms with Crippen molar-refractivity contribution in [2.75, 3.05) is 5.32 Å². The standard InChI is InChI=1S/C28H30N6O2/c1-19(2)36-28(35)32-22-11-9-21(10-12-22)27-25(16-29)24-13-8-20(5-4-14-33-18-30-17-31-33)15-26(24)34(27)23-6-3-7-23/h8-13,15,17-19,23H,3-7,14H2,1-2H3,(H,32,35). The molecule has 1 aliphatic rings. The van der Waals surface area contributed by atoms with Crippen LogP contribution in [0.1, 0.15) is 56.7 Å². The number of ether oxygens (including phenoxy) is 1. The SMILES string of the molecule is CC(C)OC(=O)Nc1ccc(-c2c(C#N)c3ccc(CCCn4cncn4)cc3n2C2CCC2)cc1. The first-order chi connectivity index (χ1) is 17.5. The van der Waals surface area contributed by atoms with Crippen LogP contribution in [0.25, 0.3) is 22.2 Å². The molecule has 1 amide bonds. The van der Waals surface area contributed by atoms with Crippen LogP contribution in [-0.4, -0.2) is 31.5 Å². The molecule has 1 fully saturated rings. The van der Waals surface area contributed by atoms with Gasteiger partial charge < -0.3 is 9.30 Å². The Bertz CT molecular complexity index is 1390. The van der Waals surface area contributed by atoms with Crippen LogP contribution >= 0.6 is 0 Å². The van der Waals surface area contributed by atoms with Gasteiger partial charge in [-0.25, -0.2) is 9.78 Å². The number of rotatable bonds is 8. The molecule has 0 atom stereocenters. The number of aromatic nitrogens is 4. The number of nitrogens with one attached hydrogen (secondary N) is 1. The minimum Gasteiger partial charge on any atom is -0.447 e. The second kappa shape index (κ2) is 10.2. The number of aryl methyl sites for hydroxylation is 2. The number of carbonyl (C=O) groups excluding carboxylic acids is 1. The van der Waals surface area contributed by atoms with Gasteiger partial charge in [-0.05, 0) is 75.3 Å². The van der Waals surface area contributed by atoms with E-state index in [0.717, 1.165) is 54.4 Å². The van der Waals surface area contributed by atoms with Gasteiger partial charge in [-0.1, -0.05) is 24.3 Å². The van der Waals surface area contributed by atoms with Gasteiger partial charge in [0.05, 0.1) is 22.9 Å². The second-order valence-electron chi connectivity index (χ2n) is 9.56. The summed E-state index contributed by atoms with van der Waals surface area (Å²) >= 11 is 0. The summed E-state index contributed by atoms with van der Waals surface area (Å²) in [5.41, 5.74) is 5.64. The summed E-state index contributed by atoms with van der Waals surface area (Å²) in [5, 5.41) is 18.1. The van der Waals surface area contributed by atoms with Gasteiger partial charge in [0, 0.05) is 23.7 Å². The van der Waals surface area contributed by atoms with Gasteiger partial charge >= 0.3 is 6.09 Å². The number of carbonyl (C=O) groups is 1. The lowest BCUT2D eigenvalue weighted by Gasteiger charge is -2.30. The summed E-state index contributed by atoms with van der Waals surface area (Å²) < 4.78 is 9.39. The maximum Gasteiger partial charge on any atom is 0.411 e. The average Bonchev–Trinajstić information content (AvgIpc) is 3.44. The number of nitriles is 1. The smallest absolute Gasteiger partial charge is 0.411 e. The van der Waals surface area contributed by atoms with Crippen molar-refractivity contribution >= 4 is 22.7 Å². The number of hydrogen-bond acceptors (Lipinski definition) is 5. The predicted octanol–water partition coefficient (Wildman–Crippen LogP) is 6.09. The highest BCUT2D eigenvalue weighted by molar-refractivity contribution is 5.95. The van der Waals surface area contributed by atoms with Crippen molar-refractivity contribution in [1.29, 1.82) is 5.26 Å². The summed E-state index contributed by atoms with van der Waals surface area (Å²) in [4.78, 5) is 16.0. The van der Waals surface area contributed by atoms with Gasteiger partial charge in [0.1, 0.15) is 18.7 Å². The van der Waals surface area contributed by atoms with Crippen molar-refractivity contribution in [2.45, 2.75) is 64.6 Å². The number of nitrogens with zero attached hydrogens (tertiary/aromatic N) is 5. The van der Waals surface area contributed by atoms with E-state index < -0.39 is 6.09 Å². The van der Waals surface area contributed by atoms with Crippen molar-refractivity contribution in [3.63, 3.8) is 0 Å². The molecule has 0 unspecified atom stereocenters. The normalized spacial score (nSPS) is 13.5. The summed E-state index contributed by atoms with van der Waals surface area (Å²) in [6.45, 7) is 4.45. The fourth-order valence-electron chi connectivity index (χ4n) is 4.80. The van der Waals surface area contributed by atoms with Crippen LogP contribution in [0.2, 0.25) is 0 Å². The molecular formula is C28H30N6O2. The topological polar surface area (TPSA) is 97.8 Å². The van der Waals surface area contributed by atoms with E-state index in [-0.39, 0.29) is 6.10 Å². The highest BCUT2D eigenvalue weighted by atomic mass is 16.6. The van der Waals surface area contributed by atoms with Gasteiger partial charge in [0.15, 0.2) is 0 Å². The zero-order valence-corrected chi connectivity index (χ0v) is 20.6. The molecule has 2 heterocycles. The van der Waals surface area contributed by atoms with Crippen LogP contribution in [0, 0.1) is 11.3 Å². The molecule has 8 nitrogen and oxygen atoms in total. The Morgan fingerprint density at radius 1 is 1.22 bits per heavy atom. The molecule has 1 aliphatic carbocycles. The molecule has 2 aromatic heterocycles. The summed E-state index contributed by atoms with van der Waals surface area (Å²) in [6, 6.07) is 17.0. The average molecular weight is 483 g/mol. The van der Waals surface area contributed by atoms with E-state index >= 15 is 0 Å². The quantitative estimate of drug-likeness (QED) is 0.328. The highest BCUT2D eigenvalue weighted by Gasteiger charge is 2.27. The molecule has 5 rings (SSSR count). The Balaban J connectivity index is 1.47. The van der Waals surface area contributed by atoms with E-state index in [1.807, 2.05) is 42.8 Å². The summed E-state index contributed by atoms with van der Waals surface area (Å²) in [6.07, 6.45) is 7.94. The van der Waals surface area contributed by atoms with Crippen LogP contribution in [0.4, 0.5) is 10.5 Å². The first-order valence-corrected chi connectivity index (χ1v) is 12.5. The van der Waals surface area contributed by atoms with Crippen LogP contribution in [0.3, 0.4) is 0 Å². The van der Waals surface area contributed by atoms with E-state index in [2.05, 4.69) is 44.2 Å². The summed E-state index contributed by atoms with van der Waals surface area (Å²) in [7, 11) is 0. The molecule has 4 aromatic rings. The number of fused-ring (bicyclic) bond motifs is 1. The minimum absolute atomic E-state index is 0.187. The first kappa shape index (κ1) is 23.6. The molecule has 36 heavy (non-hydrogen) atoms. The fourth-order valence-corrected chi connectivity index (χ4v) is 4.80. The number of anilines is 1. The van der Waals surface area contributed by atoms with Crippen molar-refractivity contribution < 1.29 is 9.53 Å². The summed E-state index contributed by atoms with van der Waals surface area (Å²) in [5.74, 6) is 0. The lowest BCUT2D eigenvalue weighted by atomic mass is 9.92. The van der Waals surface area contributed by atoms with Crippen LogP contribution < -0.4 is 5.32 Å². The zero-order valence-electron chi connectivity index (χ0n) is 20.6. The van der Waals surface area contributed by atoms with Gasteiger partial charge in [0.2, 0.25) is 0 Å². The van der Waals surface area contributed by atoms with Crippen molar-refractivity contribution in [2.24, 2.45) is 0 Å². The molecule has 0 aliphatic heterocycles. The lowest BCUT2D eigenvalue weighted by molar-refractivity contribution is 0.130. The largest absolute Gasteiger partial charge is 0.447 e. The molecule has 0 spiro atoms. The second-order valence-corrected chi connectivity index (χ2v) is 9.56. The van der Waals surface area contributed by atoms with E-state index in [1.54, 1.807) is 12.7 Å². The van der Waals surface area contributed by atoms with Crippen LogP contribution in [0.5, 0.6) is 0 Å². The van der Waals surface area contributed by atoms with E-state index in [1.165, 1.54) is 12.0 Å². The van der Waals surface area contributed by atoms with Crippen LogP contribution in [0.15, 0.2) is 55.1 Å². The third-order valence-corrected chi connectivity index (χ3v) is 6.69. The Hall–Kier alpha value is -4.12. The van der Waals surface area contributed by atoms with Gasteiger partial charge in [-0.15, -0.1) is 0 Å².